The summed E-state index contributed by atoms with van der Waals surface area (Å²) in [5.74, 6) is 0.904. The number of nitrogens with zero attached hydrogens (tertiary/aromatic N) is 2. The second kappa shape index (κ2) is 6.46. The summed E-state index contributed by atoms with van der Waals surface area (Å²) in [4.78, 5) is 2.56. The zero-order valence-electron chi connectivity index (χ0n) is 11.7. The van der Waals surface area contributed by atoms with E-state index in [1.54, 1.807) is 0 Å². The lowest BCUT2D eigenvalue weighted by molar-refractivity contribution is 0.228. The number of hydrogen-bond donors (Lipinski definition) is 2. The number of nitrogens with one attached hydrogen (secondary N) is 2. The van der Waals surface area contributed by atoms with Crippen molar-refractivity contribution in [2.24, 2.45) is 0 Å². The summed E-state index contributed by atoms with van der Waals surface area (Å²) >= 11 is 6.03. The Morgan fingerprint density at radius 3 is 2.95 bits per heavy atom. The number of halogens is 1. The minimum Gasteiger partial charge on any atom is -0.368 e. The van der Waals surface area contributed by atoms with Gasteiger partial charge in [0.05, 0.1) is 5.52 Å². The Bertz CT molecular complexity index is 560. The van der Waals surface area contributed by atoms with Gasteiger partial charge in [-0.05, 0) is 57.1 Å². The predicted molar refractivity (Wildman–Crippen MR) is 84.5 cm³/mol. The van der Waals surface area contributed by atoms with E-state index in [1.807, 2.05) is 18.2 Å². The summed E-state index contributed by atoms with van der Waals surface area (Å²) < 4.78 is 0. The number of aromatic nitrogens is 2. The van der Waals surface area contributed by atoms with E-state index < -0.39 is 0 Å². The molecular formula is C15H21ClN4. The van der Waals surface area contributed by atoms with Crippen molar-refractivity contribution in [2.45, 2.75) is 25.7 Å². The molecule has 3 rings (SSSR count). The summed E-state index contributed by atoms with van der Waals surface area (Å²) in [5.41, 5.74) is 1.02. The lowest BCUT2D eigenvalue weighted by Gasteiger charge is -2.26. The van der Waals surface area contributed by atoms with Crippen LogP contribution in [-0.4, -0.2) is 41.3 Å². The lowest BCUT2D eigenvalue weighted by Crippen LogP contribution is -2.31. The molecule has 4 nitrogen and oxygen atoms in total. The van der Waals surface area contributed by atoms with Crippen LogP contribution in [0.2, 0.25) is 5.02 Å². The molecule has 0 unspecified atom stereocenters. The molecule has 2 heterocycles. The SMILES string of the molecule is Clc1ccc2[nH]nc(NCCCN3CCCCC3)c2c1. The molecule has 1 fully saturated rings. The lowest BCUT2D eigenvalue weighted by atomic mass is 10.1. The van der Waals surface area contributed by atoms with E-state index in [2.05, 4.69) is 20.4 Å². The first-order chi connectivity index (χ1) is 9.83. The van der Waals surface area contributed by atoms with Crippen LogP contribution in [0.1, 0.15) is 25.7 Å². The zero-order chi connectivity index (χ0) is 13.8. The zero-order valence-corrected chi connectivity index (χ0v) is 12.4. The second-order valence-corrected chi connectivity index (χ2v) is 5.88. The summed E-state index contributed by atoms with van der Waals surface area (Å²) in [5, 5.41) is 12.6. The highest BCUT2D eigenvalue weighted by atomic mass is 35.5. The predicted octanol–water partition coefficient (Wildman–Crippen LogP) is 3.50. The van der Waals surface area contributed by atoms with Crippen molar-refractivity contribution < 1.29 is 0 Å². The van der Waals surface area contributed by atoms with E-state index >= 15 is 0 Å². The summed E-state index contributed by atoms with van der Waals surface area (Å²) in [7, 11) is 0. The summed E-state index contributed by atoms with van der Waals surface area (Å²) in [6, 6.07) is 5.79. The molecule has 0 bridgehead atoms. The van der Waals surface area contributed by atoms with E-state index in [-0.39, 0.29) is 0 Å². The number of piperidine rings is 1. The van der Waals surface area contributed by atoms with Gasteiger partial charge in [0.1, 0.15) is 0 Å². The van der Waals surface area contributed by atoms with Crippen LogP contribution in [0.4, 0.5) is 5.82 Å². The van der Waals surface area contributed by atoms with Gasteiger partial charge in [-0.3, -0.25) is 5.10 Å². The van der Waals surface area contributed by atoms with E-state index in [4.69, 9.17) is 11.6 Å². The van der Waals surface area contributed by atoms with Gasteiger partial charge in [0.15, 0.2) is 5.82 Å². The Balaban J connectivity index is 1.50. The van der Waals surface area contributed by atoms with Crippen LogP contribution in [-0.2, 0) is 0 Å². The maximum absolute atomic E-state index is 6.03. The Hall–Kier alpha value is -1.26. The summed E-state index contributed by atoms with van der Waals surface area (Å²) in [6.45, 7) is 4.65. The standard InChI is InChI=1S/C15H21ClN4/c16-12-5-6-14-13(11-12)15(19-18-14)17-7-4-10-20-8-2-1-3-9-20/h5-6,11H,1-4,7-10H2,(H2,17,18,19). The van der Waals surface area contributed by atoms with Crippen LogP contribution < -0.4 is 5.32 Å². The van der Waals surface area contributed by atoms with Gasteiger partial charge in [0.2, 0.25) is 0 Å². The molecule has 0 spiro atoms. The van der Waals surface area contributed by atoms with Gasteiger partial charge in [-0.1, -0.05) is 18.0 Å². The number of rotatable bonds is 5. The average molecular weight is 293 g/mol. The van der Waals surface area contributed by atoms with Crippen LogP contribution in [0.5, 0.6) is 0 Å². The monoisotopic (exact) mass is 292 g/mol. The largest absolute Gasteiger partial charge is 0.368 e. The molecule has 2 N–H and O–H groups in total. The molecule has 0 atom stereocenters. The average Bonchev–Trinajstić information content (AvgIpc) is 2.87. The quantitative estimate of drug-likeness (QED) is 0.829. The number of hydrogen-bond acceptors (Lipinski definition) is 3. The van der Waals surface area contributed by atoms with Crippen molar-refractivity contribution in [1.82, 2.24) is 15.1 Å². The smallest absolute Gasteiger partial charge is 0.155 e. The van der Waals surface area contributed by atoms with Crippen LogP contribution in [0, 0.1) is 0 Å². The highest BCUT2D eigenvalue weighted by Crippen LogP contribution is 2.23. The molecule has 1 aliphatic heterocycles. The van der Waals surface area contributed by atoms with Crippen molar-refractivity contribution >= 4 is 28.3 Å². The van der Waals surface area contributed by atoms with E-state index in [1.165, 1.54) is 38.9 Å². The van der Waals surface area contributed by atoms with Crippen molar-refractivity contribution in [3.8, 4) is 0 Å². The van der Waals surface area contributed by atoms with Crippen LogP contribution >= 0.6 is 11.6 Å². The third-order valence-electron chi connectivity index (χ3n) is 3.92. The first-order valence-corrected chi connectivity index (χ1v) is 7.80. The van der Waals surface area contributed by atoms with E-state index in [9.17, 15) is 0 Å². The van der Waals surface area contributed by atoms with Crippen LogP contribution in [0.15, 0.2) is 18.2 Å². The van der Waals surface area contributed by atoms with Gasteiger partial charge in [0.25, 0.3) is 0 Å². The van der Waals surface area contributed by atoms with Crippen LogP contribution in [0.25, 0.3) is 10.9 Å². The Morgan fingerprint density at radius 1 is 1.25 bits per heavy atom. The van der Waals surface area contributed by atoms with Gasteiger partial charge < -0.3 is 10.2 Å². The fourth-order valence-corrected chi connectivity index (χ4v) is 2.99. The molecule has 1 aromatic heterocycles. The first kappa shape index (κ1) is 13.7. The van der Waals surface area contributed by atoms with Crippen molar-refractivity contribution in [3.63, 3.8) is 0 Å². The third-order valence-corrected chi connectivity index (χ3v) is 4.15. The minimum atomic E-state index is 0.746. The first-order valence-electron chi connectivity index (χ1n) is 7.43. The molecule has 108 valence electrons. The molecule has 0 aliphatic carbocycles. The molecule has 0 saturated carbocycles. The number of benzene rings is 1. The topological polar surface area (TPSA) is 44.0 Å². The fourth-order valence-electron chi connectivity index (χ4n) is 2.81. The molecule has 1 saturated heterocycles. The van der Waals surface area contributed by atoms with Gasteiger partial charge >= 0.3 is 0 Å². The number of anilines is 1. The van der Waals surface area contributed by atoms with Crippen molar-refractivity contribution in [2.75, 3.05) is 31.5 Å². The Kier molecular flexibility index (Phi) is 4.43. The Morgan fingerprint density at radius 2 is 2.10 bits per heavy atom. The summed E-state index contributed by atoms with van der Waals surface area (Å²) in [6.07, 6.45) is 5.26. The van der Waals surface area contributed by atoms with Gasteiger partial charge in [-0.2, -0.15) is 5.10 Å². The van der Waals surface area contributed by atoms with Gasteiger partial charge in [-0.25, -0.2) is 0 Å². The normalized spacial score (nSPS) is 16.6. The minimum absolute atomic E-state index is 0.746. The maximum Gasteiger partial charge on any atom is 0.155 e. The van der Waals surface area contributed by atoms with Gasteiger partial charge in [0, 0.05) is 17.0 Å². The molecule has 0 amide bonds. The number of H-pyrrole nitrogens is 1. The highest BCUT2D eigenvalue weighted by Gasteiger charge is 2.09. The second-order valence-electron chi connectivity index (χ2n) is 5.44. The molecule has 2 aromatic rings. The van der Waals surface area contributed by atoms with Crippen LogP contribution in [0.3, 0.4) is 0 Å². The molecule has 20 heavy (non-hydrogen) atoms. The van der Waals surface area contributed by atoms with E-state index in [0.717, 1.165) is 34.7 Å². The van der Waals surface area contributed by atoms with Crippen molar-refractivity contribution in [1.29, 1.82) is 0 Å². The van der Waals surface area contributed by atoms with E-state index in [0.29, 0.717) is 0 Å². The Labute approximate surface area is 124 Å². The molecule has 1 aromatic carbocycles. The van der Waals surface area contributed by atoms with Crippen molar-refractivity contribution in [3.05, 3.63) is 23.2 Å². The highest BCUT2D eigenvalue weighted by molar-refractivity contribution is 6.31. The number of fused-ring (bicyclic) bond motifs is 1. The molecular weight excluding hydrogens is 272 g/mol. The molecule has 0 radical (unpaired) electrons. The number of likely N-dealkylation sites (tertiary alicyclic amines) is 1. The van der Waals surface area contributed by atoms with Gasteiger partial charge in [-0.15, -0.1) is 0 Å². The molecule has 5 heteroatoms. The molecule has 1 aliphatic rings. The fraction of sp³-hybridized carbons (Fsp3) is 0.533. The number of aromatic amines is 1. The maximum atomic E-state index is 6.03. The third kappa shape index (κ3) is 3.25.